The predicted molar refractivity (Wildman–Crippen MR) is 84.1 cm³/mol. The van der Waals surface area contributed by atoms with Crippen molar-refractivity contribution >= 4 is 17.6 Å². The van der Waals surface area contributed by atoms with Crippen molar-refractivity contribution in [1.82, 2.24) is 15.6 Å². The highest BCUT2D eigenvalue weighted by Crippen LogP contribution is 2.15. The van der Waals surface area contributed by atoms with Crippen molar-refractivity contribution in [3.8, 4) is 0 Å². The zero-order valence-electron chi connectivity index (χ0n) is 11.8. The van der Waals surface area contributed by atoms with E-state index in [0.717, 1.165) is 17.5 Å². The molecule has 0 saturated heterocycles. The van der Waals surface area contributed by atoms with Gasteiger partial charge in [0.2, 0.25) is 0 Å². The van der Waals surface area contributed by atoms with Crippen LogP contribution in [0.15, 0.2) is 48.8 Å². The van der Waals surface area contributed by atoms with Gasteiger partial charge in [-0.2, -0.15) is 0 Å². The molecule has 1 aromatic carbocycles. The van der Waals surface area contributed by atoms with Crippen LogP contribution in [0, 0.1) is 0 Å². The number of carbonyl (C=O) groups is 1. The molecular formula is C16H18ClN3O. The molecule has 0 fully saturated rings. The molecule has 0 aliphatic carbocycles. The number of nitrogens with zero attached hydrogens (tertiary/aromatic N) is 1. The van der Waals surface area contributed by atoms with Gasteiger partial charge in [0.15, 0.2) is 0 Å². The lowest BCUT2D eigenvalue weighted by Crippen LogP contribution is -2.37. The predicted octanol–water partition coefficient (Wildman–Crippen LogP) is 3.69. The molecule has 0 unspecified atom stereocenters. The molecule has 2 aromatic rings. The number of amides is 2. The van der Waals surface area contributed by atoms with E-state index in [2.05, 4.69) is 15.6 Å². The summed E-state index contributed by atoms with van der Waals surface area (Å²) in [6, 6.07) is 11.0. The van der Waals surface area contributed by atoms with Gasteiger partial charge in [0.25, 0.3) is 0 Å². The van der Waals surface area contributed by atoms with E-state index in [4.69, 9.17) is 11.6 Å². The first-order chi connectivity index (χ1) is 10.2. The standard InChI is InChI=1S/C16H18ClN3O/c1-2-15(13-6-8-18-9-7-13)20-16(21)19-11-12-4-3-5-14(17)10-12/h3-10,15H,2,11H2,1H3,(H2,19,20,21)/t15-/m1/s1. The molecule has 110 valence electrons. The molecule has 21 heavy (non-hydrogen) atoms. The van der Waals surface area contributed by atoms with Gasteiger partial charge in [0.1, 0.15) is 0 Å². The lowest BCUT2D eigenvalue weighted by molar-refractivity contribution is 0.236. The van der Waals surface area contributed by atoms with Crippen LogP contribution in [0.3, 0.4) is 0 Å². The molecule has 1 aromatic heterocycles. The van der Waals surface area contributed by atoms with Gasteiger partial charge in [-0.15, -0.1) is 0 Å². The van der Waals surface area contributed by atoms with Crippen molar-refractivity contribution in [2.24, 2.45) is 0 Å². The molecule has 0 spiro atoms. The van der Waals surface area contributed by atoms with Gasteiger partial charge in [0.05, 0.1) is 6.04 Å². The largest absolute Gasteiger partial charge is 0.334 e. The molecular weight excluding hydrogens is 286 g/mol. The monoisotopic (exact) mass is 303 g/mol. The molecule has 0 radical (unpaired) electrons. The summed E-state index contributed by atoms with van der Waals surface area (Å²) in [5.74, 6) is 0. The van der Waals surface area contributed by atoms with Gasteiger partial charge in [-0.1, -0.05) is 30.7 Å². The minimum atomic E-state index is -0.196. The summed E-state index contributed by atoms with van der Waals surface area (Å²) < 4.78 is 0. The average Bonchev–Trinajstić information content (AvgIpc) is 2.51. The van der Waals surface area contributed by atoms with E-state index >= 15 is 0 Å². The second-order valence-corrected chi connectivity index (χ2v) is 5.13. The van der Waals surface area contributed by atoms with Gasteiger partial charge in [-0.05, 0) is 41.8 Å². The summed E-state index contributed by atoms with van der Waals surface area (Å²) in [6.07, 6.45) is 4.27. The summed E-state index contributed by atoms with van der Waals surface area (Å²) in [6.45, 7) is 2.47. The van der Waals surface area contributed by atoms with Crippen LogP contribution in [0.25, 0.3) is 0 Å². The second-order valence-electron chi connectivity index (χ2n) is 4.70. The number of halogens is 1. The molecule has 1 heterocycles. The molecule has 4 nitrogen and oxygen atoms in total. The number of carbonyl (C=O) groups excluding carboxylic acids is 1. The Morgan fingerprint density at radius 1 is 1.29 bits per heavy atom. The summed E-state index contributed by atoms with van der Waals surface area (Å²) in [5, 5.41) is 6.46. The normalized spacial score (nSPS) is 11.7. The lowest BCUT2D eigenvalue weighted by Gasteiger charge is -2.17. The minimum Gasteiger partial charge on any atom is -0.334 e. The van der Waals surface area contributed by atoms with Crippen LogP contribution in [0.2, 0.25) is 5.02 Å². The SMILES string of the molecule is CC[C@@H](NC(=O)NCc1cccc(Cl)c1)c1ccncc1. The Labute approximate surface area is 129 Å². The van der Waals surface area contributed by atoms with E-state index in [0.29, 0.717) is 11.6 Å². The van der Waals surface area contributed by atoms with Crippen molar-refractivity contribution in [2.45, 2.75) is 25.9 Å². The van der Waals surface area contributed by atoms with E-state index in [-0.39, 0.29) is 12.1 Å². The first-order valence-electron chi connectivity index (χ1n) is 6.87. The molecule has 0 aliphatic heterocycles. The van der Waals surface area contributed by atoms with E-state index < -0.39 is 0 Å². The maximum absolute atomic E-state index is 12.0. The van der Waals surface area contributed by atoms with E-state index in [1.165, 1.54) is 0 Å². The fourth-order valence-electron chi connectivity index (χ4n) is 2.06. The van der Waals surface area contributed by atoms with Crippen molar-refractivity contribution in [3.05, 3.63) is 64.9 Å². The second kappa shape index (κ2) is 7.64. The highest BCUT2D eigenvalue weighted by Gasteiger charge is 2.11. The van der Waals surface area contributed by atoms with Crippen LogP contribution in [0.4, 0.5) is 4.79 Å². The van der Waals surface area contributed by atoms with Gasteiger partial charge in [-0.25, -0.2) is 4.79 Å². The number of pyridine rings is 1. The van der Waals surface area contributed by atoms with Crippen molar-refractivity contribution in [3.63, 3.8) is 0 Å². The topological polar surface area (TPSA) is 54.0 Å². The number of benzene rings is 1. The Balaban J connectivity index is 1.89. The quantitative estimate of drug-likeness (QED) is 0.885. The first kappa shape index (κ1) is 15.3. The smallest absolute Gasteiger partial charge is 0.315 e. The zero-order chi connectivity index (χ0) is 15.1. The van der Waals surface area contributed by atoms with Crippen LogP contribution < -0.4 is 10.6 Å². The molecule has 0 saturated carbocycles. The van der Waals surface area contributed by atoms with Gasteiger partial charge >= 0.3 is 6.03 Å². The third kappa shape index (κ3) is 4.76. The Morgan fingerprint density at radius 3 is 2.71 bits per heavy atom. The van der Waals surface area contributed by atoms with E-state index in [9.17, 15) is 4.79 Å². The third-order valence-electron chi connectivity index (χ3n) is 3.16. The number of urea groups is 1. The van der Waals surface area contributed by atoms with Crippen molar-refractivity contribution in [1.29, 1.82) is 0 Å². The van der Waals surface area contributed by atoms with Crippen LogP contribution in [0.5, 0.6) is 0 Å². The summed E-state index contributed by atoms with van der Waals surface area (Å²) >= 11 is 5.91. The number of rotatable bonds is 5. The molecule has 1 atom stereocenters. The van der Waals surface area contributed by atoms with Crippen molar-refractivity contribution < 1.29 is 4.79 Å². The molecule has 2 amide bonds. The minimum absolute atomic E-state index is 0.0210. The fraction of sp³-hybridized carbons (Fsp3) is 0.250. The van der Waals surface area contributed by atoms with Gasteiger partial charge < -0.3 is 10.6 Å². The van der Waals surface area contributed by atoms with Crippen molar-refractivity contribution in [2.75, 3.05) is 0 Å². The highest BCUT2D eigenvalue weighted by molar-refractivity contribution is 6.30. The van der Waals surface area contributed by atoms with E-state index in [1.54, 1.807) is 12.4 Å². The van der Waals surface area contributed by atoms with E-state index in [1.807, 2.05) is 43.3 Å². The average molecular weight is 304 g/mol. The van der Waals surface area contributed by atoms with Gasteiger partial charge in [-0.3, -0.25) is 4.98 Å². The van der Waals surface area contributed by atoms with Crippen LogP contribution in [-0.4, -0.2) is 11.0 Å². The molecule has 5 heteroatoms. The molecule has 0 aliphatic rings. The summed E-state index contributed by atoms with van der Waals surface area (Å²) in [4.78, 5) is 16.0. The number of hydrogen-bond acceptors (Lipinski definition) is 2. The molecule has 2 N–H and O–H groups in total. The highest BCUT2D eigenvalue weighted by atomic mass is 35.5. The summed E-state index contributed by atoms with van der Waals surface area (Å²) in [5.41, 5.74) is 2.01. The maximum Gasteiger partial charge on any atom is 0.315 e. The maximum atomic E-state index is 12.0. The van der Waals surface area contributed by atoms with Crippen LogP contribution in [-0.2, 0) is 6.54 Å². The Hall–Kier alpha value is -2.07. The first-order valence-corrected chi connectivity index (χ1v) is 7.25. The van der Waals surface area contributed by atoms with Crippen LogP contribution in [0.1, 0.15) is 30.5 Å². The Kier molecular flexibility index (Phi) is 5.58. The number of nitrogens with one attached hydrogen (secondary N) is 2. The third-order valence-corrected chi connectivity index (χ3v) is 3.40. The van der Waals surface area contributed by atoms with Crippen LogP contribution >= 0.6 is 11.6 Å². The Bertz CT molecular complexity index is 589. The Morgan fingerprint density at radius 2 is 2.05 bits per heavy atom. The number of hydrogen-bond donors (Lipinski definition) is 2. The molecule has 2 rings (SSSR count). The molecule has 0 bridgehead atoms. The zero-order valence-corrected chi connectivity index (χ0v) is 12.6. The number of aromatic nitrogens is 1. The summed E-state index contributed by atoms with van der Waals surface area (Å²) in [7, 11) is 0. The lowest BCUT2D eigenvalue weighted by atomic mass is 10.1. The fourth-order valence-corrected chi connectivity index (χ4v) is 2.27. The van der Waals surface area contributed by atoms with Gasteiger partial charge in [0, 0.05) is 24.0 Å².